The Morgan fingerprint density at radius 1 is 1.18 bits per heavy atom. The van der Waals surface area contributed by atoms with Gasteiger partial charge in [-0.2, -0.15) is 0 Å². The summed E-state index contributed by atoms with van der Waals surface area (Å²) in [6, 6.07) is 5.50. The number of hydrogen-bond donors (Lipinski definition) is 1. The van der Waals surface area contributed by atoms with Crippen LogP contribution in [0, 0.1) is 0 Å². The van der Waals surface area contributed by atoms with Crippen molar-refractivity contribution in [2.24, 2.45) is 0 Å². The van der Waals surface area contributed by atoms with Gasteiger partial charge < -0.3 is 10.2 Å². The SMILES string of the molecule is S=C(Nc1cccc(Cl)c1Cl)N1CCCCC1. The van der Waals surface area contributed by atoms with Gasteiger partial charge in [0.1, 0.15) is 0 Å². The number of halogens is 2. The van der Waals surface area contributed by atoms with Crippen molar-refractivity contribution in [3.05, 3.63) is 28.2 Å². The predicted octanol–water partition coefficient (Wildman–Crippen LogP) is 4.18. The van der Waals surface area contributed by atoms with E-state index in [1.807, 2.05) is 12.1 Å². The molecule has 1 aliphatic heterocycles. The Kier molecular flexibility index (Phi) is 4.48. The van der Waals surface area contributed by atoms with Gasteiger partial charge in [0.25, 0.3) is 0 Å². The van der Waals surface area contributed by atoms with Crippen LogP contribution >= 0.6 is 35.4 Å². The fraction of sp³-hybridized carbons (Fsp3) is 0.417. The molecule has 1 aromatic carbocycles. The first-order valence-corrected chi connectivity index (χ1v) is 6.85. The lowest BCUT2D eigenvalue weighted by molar-refractivity contribution is 0.346. The maximum Gasteiger partial charge on any atom is 0.173 e. The third-order valence-electron chi connectivity index (χ3n) is 2.84. The van der Waals surface area contributed by atoms with Crippen molar-refractivity contribution in [2.45, 2.75) is 19.3 Å². The van der Waals surface area contributed by atoms with Crippen LogP contribution in [-0.4, -0.2) is 23.1 Å². The summed E-state index contributed by atoms with van der Waals surface area (Å²) in [5.74, 6) is 0. The number of anilines is 1. The normalized spacial score (nSPS) is 15.8. The third-order valence-corrected chi connectivity index (χ3v) is 4.02. The number of benzene rings is 1. The van der Waals surface area contributed by atoms with E-state index in [-0.39, 0.29) is 0 Å². The quantitative estimate of drug-likeness (QED) is 0.781. The lowest BCUT2D eigenvalue weighted by Crippen LogP contribution is -2.38. The van der Waals surface area contributed by atoms with E-state index in [2.05, 4.69) is 10.2 Å². The fourth-order valence-electron chi connectivity index (χ4n) is 1.89. The summed E-state index contributed by atoms with van der Waals surface area (Å²) < 4.78 is 0. The van der Waals surface area contributed by atoms with Gasteiger partial charge >= 0.3 is 0 Å². The van der Waals surface area contributed by atoms with Crippen LogP contribution in [0.2, 0.25) is 10.0 Å². The van der Waals surface area contributed by atoms with Crippen LogP contribution < -0.4 is 5.32 Å². The highest BCUT2D eigenvalue weighted by Gasteiger charge is 2.14. The summed E-state index contributed by atoms with van der Waals surface area (Å²) in [7, 11) is 0. The van der Waals surface area contributed by atoms with Crippen LogP contribution in [0.5, 0.6) is 0 Å². The van der Waals surface area contributed by atoms with E-state index in [4.69, 9.17) is 35.4 Å². The van der Waals surface area contributed by atoms with E-state index in [0.717, 1.165) is 23.9 Å². The number of piperidine rings is 1. The van der Waals surface area contributed by atoms with Crippen molar-refractivity contribution in [3.63, 3.8) is 0 Å². The molecule has 0 unspecified atom stereocenters. The number of likely N-dealkylation sites (tertiary alicyclic amines) is 1. The first-order valence-electron chi connectivity index (χ1n) is 5.68. The maximum absolute atomic E-state index is 6.10. The van der Waals surface area contributed by atoms with Crippen LogP contribution in [0.3, 0.4) is 0 Å². The number of nitrogens with one attached hydrogen (secondary N) is 1. The van der Waals surface area contributed by atoms with Crippen molar-refractivity contribution in [1.82, 2.24) is 4.90 Å². The molecule has 0 radical (unpaired) electrons. The summed E-state index contributed by atoms with van der Waals surface area (Å²) in [4.78, 5) is 2.18. The van der Waals surface area contributed by atoms with E-state index in [1.165, 1.54) is 19.3 Å². The molecule has 92 valence electrons. The Hall–Kier alpha value is -0.510. The topological polar surface area (TPSA) is 15.3 Å². The van der Waals surface area contributed by atoms with Gasteiger partial charge in [0.05, 0.1) is 15.7 Å². The molecule has 1 aromatic rings. The zero-order chi connectivity index (χ0) is 12.3. The summed E-state index contributed by atoms with van der Waals surface area (Å²) in [5, 5.41) is 4.95. The number of rotatable bonds is 1. The van der Waals surface area contributed by atoms with Gasteiger partial charge in [0.15, 0.2) is 5.11 Å². The van der Waals surface area contributed by atoms with Crippen molar-refractivity contribution < 1.29 is 0 Å². The molecule has 0 aromatic heterocycles. The molecule has 17 heavy (non-hydrogen) atoms. The molecule has 1 saturated heterocycles. The van der Waals surface area contributed by atoms with Crippen molar-refractivity contribution in [1.29, 1.82) is 0 Å². The number of thiocarbonyl (C=S) groups is 1. The summed E-state index contributed by atoms with van der Waals surface area (Å²) in [5.41, 5.74) is 0.773. The van der Waals surface area contributed by atoms with Gasteiger partial charge in [-0.1, -0.05) is 29.3 Å². The lowest BCUT2D eigenvalue weighted by atomic mass is 10.1. The summed E-state index contributed by atoms with van der Waals surface area (Å²) in [6.45, 7) is 2.04. The van der Waals surface area contributed by atoms with Crippen LogP contribution in [-0.2, 0) is 0 Å². The molecule has 1 heterocycles. The predicted molar refractivity (Wildman–Crippen MR) is 78.1 cm³/mol. The van der Waals surface area contributed by atoms with E-state index >= 15 is 0 Å². The minimum absolute atomic E-state index is 0.522. The third kappa shape index (κ3) is 3.24. The van der Waals surface area contributed by atoms with Gasteiger partial charge in [0, 0.05) is 13.1 Å². The standard InChI is InChI=1S/C12H14Cl2N2S/c13-9-5-4-6-10(11(9)14)15-12(17)16-7-2-1-3-8-16/h4-6H,1-3,7-8H2,(H,15,17). The van der Waals surface area contributed by atoms with Crippen LogP contribution in [0.4, 0.5) is 5.69 Å². The highest BCUT2D eigenvalue weighted by molar-refractivity contribution is 7.80. The van der Waals surface area contributed by atoms with E-state index < -0.39 is 0 Å². The smallest absolute Gasteiger partial charge is 0.173 e. The average Bonchev–Trinajstić information content (AvgIpc) is 2.36. The van der Waals surface area contributed by atoms with Crippen LogP contribution in [0.25, 0.3) is 0 Å². The molecule has 0 amide bonds. The number of hydrogen-bond acceptors (Lipinski definition) is 1. The Balaban J connectivity index is 2.04. The fourth-order valence-corrected chi connectivity index (χ4v) is 2.53. The molecule has 0 bridgehead atoms. The molecule has 2 nitrogen and oxygen atoms in total. The Labute approximate surface area is 117 Å². The minimum Gasteiger partial charge on any atom is -0.349 e. The second-order valence-corrected chi connectivity index (χ2v) is 5.25. The summed E-state index contributed by atoms with van der Waals surface area (Å²) >= 11 is 17.4. The van der Waals surface area contributed by atoms with Gasteiger partial charge in [-0.15, -0.1) is 0 Å². The Morgan fingerprint density at radius 2 is 1.88 bits per heavy atom. The second-order valence-electron chi connectivity index (χ2n) is 4.08. The van der Waals surface area contributed by atoms with Gasteiger partial charge in [-0.3, -0.25) is 0 Å². The largest absolute Gasteiger partial charge is 0.349 e. The van der Waals surface area contributed by atoms with Gasteiger partial charge in [0.2, 0.25) is 0 Å². The Bertz CT molecular complexity index is 417. The van der Waals surface area contributed by atoms with Crippen LogP contribution in [0.15, 0.2) is 18.2 Å². The van der Waals surface area contributed by atoms with E-state index in [9.17, 15) is 0 Å². The molecule has 0 saturated carbocycles. The average molecular weight is 289 g/mol. The first-order chi connectivity index (χ1) is 8.18. The Morgan fingerprint density at radius 3 is 2.59 bits per heavy atom. The molecule has 0 aliphatic carbocycles. The molecule has 2 rings (SSSR count). The monoisotopic (exact) mass is 288 g/mol. The first kappa shape index (κ1) is 12.9. The van der Waals surface area contributed by atoms with Crippen molar-refractivity contribution in [3.8, 4) is 0 Å². The van der Waals surface area contributed by atoms with E-state index in [0.29, 0.717) is 10.0 Å². The molecule has 1 N–H and O–H groups in total. The molecule has 1 aliphatic rings. The highest BCUT2D eigenvalue weighted by atomic mass is 35.5. The van der Waals surface area contributed by atoms with Crippen molar-refractivity contribution >= 4 is 46.2 Å². The molecule has 5 heteroatoms. The zero-order valence-electron chi connectivity index (χ0n) is 9.38. The molecular weight excluding hydrogens is 275 g/mol. The molecule has 1 fully saturated rings. The van der Waals surface area contributed by atoms with E-state index in [1.54, 1.807) is 6.07 Å². The van der Waals surface area contributed by atoms with Gasteiger partial charge in [-0.05, 0) is 43.6 Å². The van der Waals surface area contributed by atoms with Crippen molar-refractivity contribution in [2.75, 3.05) is 18.4 Å². The number of nitrogens with zero attached hydrogens (tertiary/aromatic N) is 1. The highest BCUT2D eigenvalue weighted by Crippen LogP contribution is 2.29. The molecular formula is C12H14Cl2N2S. The molecule has 0 atom stereocenters. The second kappa shape index (κ2) is 5.89. The molecule has 0 spiro atoms. The summed E-state index contributed by atoms with van der Waals surface area (Å²) in [6.07, 6.45) is 3.69. The minimum atomic E-state index is 0.522. The zero-order valence-corrected chi connectivity index (χ0v) is 11.7. The maximum atomic E-state index is 6.10. The van der Waals surface area contributed by atoms with Gasteiger partial charge in [-0.25, -0.2) is 0 Å². The lowest BCUT2D eigenvalue weighted by Gasteiger charge is -2.29. The van der Waals surface area contributed by atoms with Crippen LogP contribution in [0.1, 0.15) is 19.3 Å².